The lowest BCUT2D eigenvalue weighted by Crippen LogP contribution is -2.47. The minimum atomic E-state index is -0.654. The molecule has 0 saturated heterocycles. The summed E-state index contributed by atoms with van der Waals surface area (Å²) < 4.78 is 0. The summed E-state index contributed by atoms with van der Waals surface area (Å²) in [6, 6.07) is 12.2. The van der Waals surface area contributed by atoms with Crippen molar-refractivity contribution in [3.05, 3.63) is 59.2 Å². The number of fused-ring (bicyclic) bond motifs is 1. The number of para-hydroxylation sites is 1. The fourth-order valence-electron chi connectivity index (χ4n) is 2.87. The van der Waals surface area contributed by atoms with Gasteiger partial charge < -0.3 is 11.1 Å². The third kappa shape index (κ3) is 2.77. The van der Waals surface area contributed by atoms with Crippen molar-refractivity contribution in [3.63, 3.8) is 0 Å². The lowest BCUT2D eigenvalue weighted by molar-refractivity contribution is -0.119. The van der Waals surface area contributed by atoms with E-state index in [0.29, 0.717) is 12.1 Å². The van der Waals surface area contributed by atoms with E-state index in [1.54, 1.807) is 0 Å². The number of nitrogens with one attached hydrogen (secondary N) is 1. The summed E-state index contributed by atoms with van der Waals surface area (Å²) in [5.41, 5.74) is 10.1. The normalized spacial score (nSPS) is 16.1. The van der Waals surface area contributed by atoms with Crippen molar-refractivity contribution >= 4 is 23.3 Å². The molecule has 3 amide bonds. The Hall–Kier alpha value is -2.82. The first-order chi connectivity index (χ1) is 11.0. The average molecular weight is 309 g/mol. The second-order valence-electron chi connectivity index (χ2n) is 5.85. The van der Waals surface area contributed by atoms with Gasteiger partial charge >= 0.3 is 6.03 Å². The summed E-state index contributed by atoms with van der Waals surface area (Å²) in [6.45, 7) is 4.00. The molecule has 5 heteroatoms. The van der Waals surface area contributed by atoms with Crippen LogP contribution in [0.4, 0.5) is 16.2 Å². The van der Waals surface area contributed by atoms with Crippen LogP contribution in [0.1, 0.15) is 16.7 Å². The van der Waals surface area contributed by atoms with Crippen LogP contribution in [0.15, 0.2) is 42.5 Å². The number of nitrogens with two attached hydrogens (primary N) is 1. The number of hydrogen-bond donors (Lipinski definition) is 2. The molecular formula is C18H19N3O2. The molecule has 0 saturated carbocycles. The number of aryl methyl sites for hydroxylation is 2. The zero-order valence-electron chi connectivity index (χ0n) is 13.2. The topological polar surface area (TPSA) is 75.4 Å². The van der Waals surface area contributed by atoms with Gasteiger partial charge in [0.15, 0.2) is 0 Å². The molecule has 2 aromatic carbocycles. The molecule has 23 heavy (non-hydrogen) atoms. The molecule has 0 fully saturated rings. The van der Waals surface area contributed by atoms with E-state index in [2.05, 4.69) is 5.32 Å². The molecule has 3 rings (SSSR count). The molecule has 0 aliphatic carbocycles. The van der Waals surface area contributed by atoms with Gasteiger partial charge in [-0.3, -0.25) is 9.69 Å². The van der Waals surface area contributed by atoms with Crippen LogP contribution in [-0.2, 0) is 11.2 Å². The Morgan fingerprint density at radius 3 is 2.57 bits per heavy atom. The van der Waals surface area contributed by atoms with E-state index in [0.717, 1.165) is 22.4 Å². The van der Waals surface area contributed by atoms with Crippen molar-refractivity contribution in [2.45, 2.75) is 26.3 Å². The van der Waals surface area contributed by atoms with Gasteiger partial charge in [-0.25, -0.2) is 4.79 Å². The summed E-state index contributed by atoms with van der Waals surface area (Å²) in [5.74, 6) is -0.503. The Kier molecular flexibility index (Phi) is 3.78. The number of carbonyl (C=O) groups excluding carboxylic acids is 2. The molecule has 0 bridgehead atoms. The van der Waals surface area contributed by atoms with Crippen LogP contribution in [0.2, 0.25) is 0 Å². The van der Waals surface area contributed by atoms with Gasteiger partial charge in [0, 0.05) is 17.8 Å². The quantitative estimate of drug-likeness (QED) is 0.895. The van der Waals surface area contributed by atoms with E-state index < -0.39 is 11.9 Å². The minimum absolute atomic E-state index is 0.345. The van der Waals surface area contributed by atoms with Gasteiger partial charge in [0.25, 0.3) is 0 Å². The first-order valence-electron chi connectivity index (χ1n) is 7.52. The smallest absolute Gasteiger partial charge is 0.327 e. The second kappa shape index (κ2) is 5.76. The number of hydrogen-bond acceptors (Lipinski definition) is 2. The molecule has 118 valence electrons. The van der Waals surface area contributed by atoms with Crippen LogP contribution in [-0.4, -0.2) is 18.0 Å². The zero-order valence-corrected chi connectivity index (χ0v) is 13.2. The fourth-order valence-corrected chi connectivity index (χ4v) is 2.87. The standard InChI is InChI=1S/C18H19N3O2/c1-11-7-8-14(9-12(11)2)20-18(23)21-15-6-4-3-5-13(15)10-16(21)17(19)22/h3-9,16H,10H2,1-2H3,(H2,19,22)(H,20,23). The summed E-state index contributed by atoms with van der Waals surface area (Å²) in [4.78, 5) is 25.9. The van der Waals surface area contributed by atoms with Crippen molar-refractivity contribution in [2.24, 2.45) is 5.73 Å². The Labute approximate surface area is 135 Å². The molecule has 1 unspecified atom stereocenters. The number of urea groups is 1. The Morgan fingerprint density at radius 2 is 1.87 bits per heavy atom. The van der Waals surface area contributed by atoms with Crippen LogP contribution in [0, 0.1) is 13.8 Å². The van der Waals surface area contributed by atoms with Crippen molar-refractivity contribution in [2.75, 3.05) is 10.2 Å². The number of primary amides is 1. The highest BCUT2D eigenvalue weighted by Gasteiger charge is 2.37. The summed E-state index contributed by atoms with van der Waals surface area (Å²) in [6.07, 6.45) is 0.450. The molecule has 0 aromatic heterocycles. The summed E-state index contributed by atoms with van der Waals surface area (Å²) >= 11 is 0. The second-order valence-corrected chi connectivity index (χ2v) is 5.85. The van der Waals surface area contributed by atoms with Gasteiger partial charge in [-0.05, 0) is 48.7 Å². The first kappa shape index (κ1) is 15.1. The maximum Gasteiger partial charge on any atom is 0.327 e. The Morgan fingerprint density at radius 1 is 1.13 bits per heavy atom. The molecule has 5 nitrogen and oxygen atoms in total. The van der Waals surface area contributed by atoms with E-state index in [1.165, 1.54) is 4.90 Å². The molecular weight excluding hydrogens is 290 g/mol. The number of benzene rings is 2. The number of carbonyl (C=O) groups is 2. The van der Waals surface area contributed by atoms with E-state index in [-0.39, 0.29) is 6.03 Å². The maximum absolute atomic E-state index is 12.7. The van der Waals surface area contributed by atoms with E-state index >= 15 is 0 Å². The van der Waals surface area contributed by atoms with Gasteiger partial charge in [0.05, 0.1) is 0 Å². The van der Waals surface area contributed by atoms with Gasteiger partial charge in [-0.1, -0.05) is 24.3 Å². The lowest BCUT2D eigenvalue weighted by atomic mass is 10.1. The SMILES string of the molecule is Cc1ccc(NC(=O)N2c3ccccc3CC2C(N)=O)cc1C. The first-order valence-corrected chi connectivity index (χ1v) is 7.52. The third-order valence-corrected chi connectivity index (χ3v) is 4.28. The largest absolute Gasteiger partial charge is 0.368 e. The van der Waals surface area contributed by atoms with E-state index in [9.17, 15) is 9.59 Å². The van der Waals surface area contributed by atoms with Crippen molar-refractivity contribution in [1.29, 1.82) is 0 Å². The number of amides is 3. The van der Waals surface area contributed by atoms with E-state index in [4.69, 9.17) is 5.73 Å². The van der Waals surface area contributed by atoms with Gasteiger partial charge in [0.2, 0.25) is 5.91 Å². The summed E-state index contributed by atoms with van der Waals surface area (Å²) in [7, 11) is 0. The van der Waals surface area contributed by atoms with Crippen LogP contribution >= 0.6 is 0 Å². The lowest BCUT2D eigenvalue weighted by Gasteiger charge is -2.23. The predicted octanol–water partition coefficient (Wildman–Crippen LogP) is 2.75. The van der Waals surface area contributed by atoms with Crippen molar-refractivity contribution < 1.29 is 9.59 Å². The van der Waals surface area contributed by atoms with Crippen molar-refractivity contribution in [1.82, 2.24) is 0 Å². The van der Waals surface area contributed by atoms with Gasteiger partial charge in [-0.15, -0.1) is 0 Å². The Balaban J connectivity index is 1.90. The molecule has 1 aliphatic heterocycles. The number of nitrogens with zero attached hydrogens (tertiary/aromatic N) is 1. The summed E-state index contributed by atoms with van der Waals surface area (Å²) in [5, 5.41) is 2.86. The highest BCUT2D eigenvalue weighted by Crippen LogP contribution is 2.32. The van der Waals surface area contributed by atoms with Gasteiger partial charge in [0.1, 0.15) is 6.04 Å². The Bertz CT molecular complexity index is 786. The molecule has 3 N–H and O–H groups in total. The predicted molar refractivity (Wildman–Crippen MR) is 90.5 cm³/mol. The molecule has 1 aliphatic rings. The number of anilines is 2. The average Bonchev–Trinajstić information content (AvgIpc) is 2.91. The fraction of sp³-hybridized carbons (Fsp3) is 0.222. The van der Waals surface area contributed by atoms with Crippen LogP contribution in [0.3, 0.4) is 0 Å². The molecule has 1 atom stereocenters. The highest BCUT2D eigenvalue weighted by molar-refractivity contribution is 6.08. The third-order valence-electron chi connectivity index (χ3n) is 4.28. The minimum Gasteiger partial charge on any atom is -0.368 e. The monoisotopic (exact) mass is 309 g/mol. The van der Waals surface area contributed by atoms with Crippen molar-refractivity contribution in [3.8, 4) is 0 Å². The zero-order chi connectivity index (χ0) is 16.6. The molecule has 0 radical (unpaired) electrons. The molecule has 1 heterocycles. The van der Waals surface area contributed by atoms with Crippen LogP contribution < -0.4 is 16.0 Å². The number of rotatable bonds is 2. The molecule has 2 aromatic rings. The van der Waals surface area contributed by atoms with E-state index in [1.807, 2.05) is 56.3 Å². The molecule has 0 spiro atoms. The van der Waals surface area contributed by atoms with Gasteiger partial charge in [-0.2, -0.15) is 0 Å². The van der Waals surface area contributed by atoms with Crippen LogP contribution in [0.5, 0.6) is 0 Å². The van der Waals surface area contributed by atoms with Crippen LogP contribution in [0.25, 0.3) is 0 Å². The maximum atomic E-state index is 12.7. The highest BCUT2D eigenvalue weighted by atomic mass is 16.2.